The van der Waals surface area contributed by atoms with Gasteiger partial charge in [0.25, 0.3) is 5.91 Å². The molecule has 0 unspecified atom stereocenters. The van der Waals surface area contributed by atoms with Crippen LogP contribution in [0.4, 0.5) is 5.69 Å². The monoisotopic (exact) mass is 534 g/mol. The number of carbonyl (C=O) groups is 1. The maximum atomic E-state index is 12.8. The van der Waals surface area contributed by atoms with E-state index in [-0.39, 0.29) is 48.3 Å². The predicted molar refractivity (Wildman–Crippen MR) is 142 cm³/mol. The normalized spacial score (nSPS) is 20.7. The zero-order valence-corrected chi connectivity index (χ0v) is 21.4. The molecule has 3 aromatic rings. The smallest absolute Gasteiger partial charge is 0.255 e. The van der Waals surface area contributed by atoms with E-state index in [0.717, 1.165) is 17.5 Å². The summed E-state index contributed by atoms with van der Waals surface area (Å²) < 4.78 is 23.3. The van der Waals surface area contributed by atoms with Gasteiger partial charge in [0.2, 0.25) is 0 Å². The van der Waals surface area contributed by atoms with Crippen LogP contribution in [0.25, 0.3) is 11.4 Å². The van der Waals surface area contributed by atoms with Gasteiger partial charge in [-0.05, 0) is 67.3 Å². The average molecular weight is 535 g/mol. The van der Waals surface area contributed by atoms with Gasteiger partial charge in [-0.3, -0.25) is 4.79 Å². The first-order valence-electron chi connectivity index (χ1n) is 11.2. The quantitative estimate of drug-likeness (QED) is 0.489. The van der Waals surface area contributed by atoms with Crippen LogP contribution in [0.5, 0.6) is 0 Å². The Morgan fingerprint density at radius 2 is 1.60 bits per heavy atom. The van der Waals surface area contributed by atoms with E-state index < -0.39 is 9.84 Å². The van der Waals surface area contributed by atoms with Crippen LogP contribution in [0.15, 0.2) is 67.0 Å². The molecule has 2 aliphatic rings. The van der Waals surface area contributed by atoms with Gasteiger partial charge in [-0.15, -0.1) is 24.8 Å². The van der Waals surface area contributed by atoms with Crippen molar-refractivity contribution in [3.8, 4) is 11.4 Å². The van der Waals surface area contributed by atoms with E-state index in [9.17, 15) is 13.2 Å². The van der Waals surface area contributed by atoms with Crippen molar-refractivity contribution < 1.29 is 13.2 Å². The molecule has 7 nitrogen and oxygen atoms in total. The molecule has 5 rings (SSSR count). The third-order valence-corrected chi connectivity index (χ3v) is 8.05. The van der Waals surface area contributed by atoms with E-state index in [0.29, 0.717) is 41.9 Å². The third-order valence-electron chi connectivity index (χ3n) is 6.34. The molecule has 0 bridgehead atoms. The Bertz CT molecular complexity index is 1240. The molecule has 2 aromatic carbocycles. The first-order valence-corrected chi connectivity index (χ1v) is 13.0. The van der Waals surface area contributed by atoms with E-state index >= 15 is 0 Å². The summed E-state index contributed by atoms with van der Waals surface area (Å²) in [5.74, 6) is 1.41. The van der Waals surface area contributed by atoms with Crippen LogP contribution < -0.4 is 10.6 Å². The molecule has 2 fully saturated rings. The van der Waals surface area contributed by atoms with Crippen LogP contribution >= 0.6 is 24.8 Å². The molecule has 2 N–H and O–H groups in total. The Balaban J connectivity index is 0.00000171. The molecule has 35 heavy (non-hydrogen) atoms. The third kappa shape index (κ3) is 6.79. The van der Waals surface area contributed by atoms with Crippen LogP contribution in [0.1, 0.15) is 41.1 Å². The van der Waals surface area contributed by atoms with Crippen molar-refractivity contribution in [2.45, 2.75) is 37.3 Å². The molecule has 0 radical (unpaired) electrons. The molecule has 2 heterocycles. The van der Waals surface area contributed by atoms with Gasteiger partial charge in [0.05, 0.1) is 11.5 Å². The molecule has 1 aliphatic heterocycles. The average Bonchev–Trinajstić information content (AvgIpc) is 3.61. The number of anilines is 1. The molecule has 1 amide bonds. The summed E-state index contributed by atoms with van der Waals surface area (Å²) in [5, 5.41) is 6.57. The number of nitrogens with zero attached hydrogens (tertiary/aromatic N) is 2. The molecule has 10 heteroatoms. The number of benzene rings is 2. The van der Waals surface area contributed by atoms with E-state index in [1.54, 1.807) is 18.5 Å². The first-order chi connectivity index (χ1) is 16.0. The Hall–Kier alpha value is -2.52. The minimum atomic E-state index is -2.85. The second-order valence-electron chi connectivity index (χ2n) is 8.77. The van der Waals surface area contributed by atoms with Crippen molar-refractivity contribution in [1.29, 1.82) is 0 Å². The lowest BCUT2D eigenvalue weighted by Gasteiger charge is -2.23. The summed E-state index contributed by atoms with van der Waals surface area (Å²) >= 11 is 0. The van der Waals surface area contributed by atoms with Gasteiger partial charge in [-0.1, -0.05) is 12.1 Å². The zero-order valence-electron chi connectivity index (χ0n) is 19.0. The van der Waals surface area contributed by atoms with Crippen LogP contribution in [0.3, 0.4) is 0 Å². The summed E-state index contributed by atoms with van der Waals surface area (Å²) in [6.45, 7) is 0. The van der Waals surface area contributed by atoms with Gasteiger partial charge < -0.3 is 10.6 Å². The summed E-state index contributed by atoms with van der Waals surface area (Å²) in [5.41, 5.74) is 3.36. The maximum absolute atomic E-state index is 12.8. The summed E-state index contributed by atoms with van der Waals surface area (Å²) in [4.78, 5) is 21.3. The van der Waals surface area contributed by atoms with Gasteiger partial charge in [0.1, 0.15) is 9.84 Å². The molecule has 1 aromatic heterocycles. The second kappa shape index (κ2) is 11.5. The molecule has 1 saturated heterocycles. The van der Waals surface area contributed by atoms with Crippen molar-refractivity contribution in [1.82, 2.24) is 15.3 Å². The number of rotatable bonds is 6. The number of hydrogen-bond acceptors (Lipinski definition) is 6. The number of amides is 1. The number of nitrogens with one attached hydrogen (secondary N) is 2. The van der Waals surface area contributed by atoms with Gasteiger partial charge >= 0.3 is 0 Å². The Morgan fingerprint density at radius 3 is 2.29 bits per heavy atom. The highest BCUT2D eigenvalue weighted by molar-refractivity contribution is 7.91. The highest BCUT2D eigenvalue weighted by Crippen LogP contribution is 2.41. The van der Waals surface area contributed by atoms with Gasteiger partial charge in [-0.2, -0.15) is 0 Å². The number of hydrogen-bond donors (Lipinski definition) is 2. The van der Waals surface area contributed by atoms with E-state index in [1.807, 2.05) is 42.5 Å². The van der Waals surface area contributed by atoms with Crippen molar-refractivity contribution in [3.63, 3.8) is 0 Å². The first kappa shape index (κ1) is 27.1. The minimum absolute atomic E-state index is 0. The number of halogens is 2. The minimum Gasteiger partial charge on any atom is -0.322 e. The molecule has 0 spiro atoms. The van der Waals surface area contributed by atoms with Crippen LogP contribution in [-0.2, 0) is 9.84 Å². The highest BCUT2D eigenvalue weighted by atomic mass is 35.5. The molecule has 1 aliphatic carbocycles. The van der Waals surface area contributed by atoms with E-state index in [2.05, 4.69) is 26.7 Å². The van der Waals surface area contributed by atoms with Gasteiger partial charge in [0.15, 0.2) is 5.82 Å². The predicted octanol–water partition coefficient (Wildman–Crippen LogP) is 4.26. The Labute approximate surface area is 217 Å². The number of sulfone groups is 1. The molecule has 186 valence electrons. The SMILES string of the molecule is Cl.Cl.O=C(Nc1ccc(-c2ncccn2)cc1)c1cccc([C@@H]2C[C@H]2NC2CCS(=O)(=O)CC2)c1. The van der Waals surface area contributed by atoms with Crippen molar-refractivity contribution in [2.24, 2.45) is 0 Å². The lowest BCUT2D eigenvalue weighted by atomic mass is 10.1. The van der Waals surface area contributed by atoms with Gasteiger partial charge in [0, 0.05) is 47.2 Å². The van der Waals surface area contributed by atoms with Crippen molar-refractivity contribution in [3.05, 3.63) is 78.1 Å². The fourth-order valence-electron chi connectivity index (χ4n) is 4.37. The summed E-state index contributed by atoms with van der Waals surface area (Å²) in [6.07, 6.45) is 5.78. The highest BCUT2D eigenvalue weighted by Gasteiger charge is 2.40. The van der Waals surface area contributed by atoms with Crippen molar-refractivity contribution >= 4 is 46.2 Å². The lowest BCUT2D eigenvalue weighted by molar-refractivity contribution is 0.102. The molecular weight excluding hydrogens is 507 g/mol. The number of aromatic nitrogens is 2. The van der Waals surface area contributed by atoms with E-state index in [4.69, 9.17) is 0 Å². The zero-order chi connectivity index (χ0) is 22.8. The molecule has 2 atom stereocenters. The Morgan fingerprint density at radius 1 is 0.914 bits per heavy atom. The molecular formula is C25H28Cl2N4O3S. The number of carbonyl (C=O) groups excluding carboxylic acids is 1. The largest absolute Gasteiger partial charge is 0.322 e. The topological polar surface area (TPSA) is 101 Å². The summed E-state index contributed by atoms with van der Waals surface area (Å²) in [6, 6.07) is 17.6. The van der Waals surface area contributed by atoms with Crippen molar-refractivity contribution in [2.75, 3.05) is 16.8 Å². The molecule has 1 saturated carbocycles. The van der Waals surface area contributed by atoms with Crippen LogP contribution in [0, 0.1) is 0 Å². The fourth-order valence-corrected chi connectivity index (χ4v) is 5.86. The van der Waals surface area contributed by atoms with Crippen LogP contribution in [-0.4, -0.2) is 47.9 Å². The maximum Gasteiger partial charge on any atom is 0.255 e. The fraction of sp³-hybridized carbons (Fsp3) is 0.320. The van der Waals surface area contributed by atoms with Crippen LogP contribution in [0.2, 0.25) is 0 Å². The summed E-state index contributed by atoms with van der Waals surface area (Å²) in [7, 11) is -2.85. The van der Waals surface area contributed by atoms with Gasteiger partial charge in [-0.25, -0.2) is 18.4 Å². The second-order valence-corrected chi connectivity index (χ2v) is 11.1. The Kier molecular flexibility index (Phi) is 8.88. The van der Waals surface area contributed by atoms with E-state index in [1.165, 1.54) is 0 Å². The standard InChI is InChI=1S/C25H26N4O3S.2ClH/c30-25(29-20-7-5-17(6-8-20)24-26-11-2-12-27-24)19-4-1-3-18(15-19)22-16-23(22)28-21-9-13-33(31,32)14-10-21;;/h1-8,11-12,15,21-23,28H,9-10,13-14,16H2,(H,29,30);2*1H/t22-,23+;;/m0../s1. The lowest BCUT2D eigenvalue weighted by Crippen LogP contribution is -2.39.